The summed E-state index contributed by atoms with van der Waals surface area (Å²) in [6.45, 7) is 1.17. The fourth-order valence-corrected chi connectivity index (χ4v) is 3.22. The molecule has 0 saturated carbocycles. The molecule has 2 atom stereocenters. The van der Waals surface area contributed by atoms with Crippen molar-refractivity contribution in [3.05, 3.63) is 0 Å². The van der Waals surface area contributed by atoms with E-state index in [1.165, 1.54) is 18.1 Å². The summed E-state index contributed by atoms with van der Waals surface area (Å²) >= 11 is 3.71. The van der Waals surface area contributed by atoms with E-state index in [1.807, 2.05) is 11.8 Å². The number of rotatable bonds is 1. The van der Waals surface area contributed by atoms with E-state index in [0.717, 1.165) is 0 Å². The number of hydrogen-bond donors (Lipinski definition) is 1. The maximum atomic E-state index is 4.15. The number of nitrogens with one attached hydrogen (secondary N) is 1. The second-order valence-electron chi connectivity index (χ2n) is 2.46. The fraction of sp³-hybridized carbons (Fsp3) is 0.833. The van der Waals surface area contributed by atoms with Crippen molar-refractivity contribution in [1.82, 2.24) is 5.32 Å². The van der Waals surface area contributed by atoms with Gasteiger partial charge in [0, 0.05) is 30.2 Å². The molecule has 1 fully saturated rings. The minimum absolute atomic E-state index is 0.652. The Labute approximate surface area is 69.4 Å². The Morgan fingerprint density at radius 2 is 2.60 bits per heavy atom. The standard InChI is InChI=1S/C6H10N2S2/c1-2-9-6(7-1)5-3-8-10-4-5/h3,5-7H,1-2,4H2. The van der Waals surface area contributed by atoms with Crippen LogP contribution in [0.5, 0.6) is 0 Å². The molecule has 4 heteroatoms. The van der Waals surface area contributed by atoms with Crippen molar-refractivity contribution in [2.24, 2.45) is 10.3 Å². The predicted molar refractivity (Wildman–Crippen MR) is 48.7 cm³/mol. The molecule has 0 aromatic heterocycles. The first-order chi connectivity index (χ1) is 4.97. The molecule has 2 aliphatic rings. The van der Waals surface area contributed by atoms with E-state index < -0.39 is 0 Å². The van der Waals surface area contributed by atoms with Crippen LogP contribution in [0, 0.1) is 5.92 Å². The minimum atomic E-state index is 0.652. The summed E-state index contributed by atoms with van der Waals surface area (Å²) in [5, 5.41) is 4.11. The van der Waals surface area contributed by atoms with Gasteiger partial charge >= 0.3 is 0 Å². The molecule has 0 aliphatic carbocycles. The van der Waals surface area contributed by atoms with Crippen molar-refractivity contribution in [3.8, 4) is 0 Å². The van der Waals surface area contributed by atoms with Crippen LogP contribution in [0.2, 0.25) is 0 Å². The maximum Gasteiger partial charge on any atom is 0.0620 e. The Morgan fingerprint density at radius 1 is 1.60 bits per heavy atom. The quantitative estimate of drug-likeness (QED) is 0.600. The number of nitrogens with zero attached hydrogens (tertiary/aromatic N) is 1. The van der Waals surface area contributed by atoms with Gasteiger partial charge in [-0.25, -0.2) is 4.40 Å². The molecule has 1 saturated heterocycles. The molecule has 0 aromatic rings. The highest BCUT2D eigenvalue weighted by molar-refractivity contribution is 8.00. The summed E-state index contributed by atoms with van der Waals surface area (Å²) in [6, 6.07) is 0. The SMILES string of the molecule is C1=NSCC1C1NCCS1. The third kappa shape index (κ3) is 1.33. The van der Waals surface area contributed by atoms with Gasteiger partial charge in [-0.1, -0.05) is 0 Å². The van der Waals surface area contributed by atoms with Crippen LogP contribution in [0.4, 0.5) is 0 Å². The minimum Gasteiger partial charge on any atom is -0.304 e. The summed E-state index contributed by atoms with van der Waals surface area (Å²) in [4.78, 5) is 0. The highest BCUT2D eigenvalue weighted by atomic mass is 32.2. The maximum absolute atomic E-state index is 4.15. The molecule has 0 amide bonds. The van der Waals surface area contributed by atoms with E-state index in [0.29, 0.717) is 11.3 Å². The Balaban J connectivity index is 1.91. The smallest absolute Gasteiger partial charge is 0.0620 e. The van der Waals surface area contributed by atoms with Crippen molar-refractivity contribution < 1.29 is 0 Å². The van der Waals surface area contributed by atoms with E-state index in [9.17, 15) is 0 Å². The topological polar surface area (TPSA) is 24.4 Å². The normalized spacial score (nSPS) is 39.2. The van der Waals surface area contributed by atoms with Crippen molar-refractivity contribution in [2.75, 3.05) is 18.1 Å². The number of hydrogen-bond acceptors (Lipinski definition) is 4. The van der Waals surface area contributed by atoms with Gasteiger partial charge in [-0.2, -0.15) is 0 Å². The van der Waals surface area contributed by atoms with E-state index in [2.05, 4.69) is 15.9 Å². The lowest BCUT2D eigenvalue weighted by Gasteiger charge is -2.12. The molecule has 0 spiro atoms. The first kappa shape index (κ1) is 7.00. The predicted octanol–water partition coefficient (Wildman–Crippen LogP) is 0.998. The van der Waals surface area contributed by atoms with Gasteiger partial charge in [-0.05, 0) is 11.9 Å². The lowest BCUT2D eigenvalue weighted by atomic mass is 10.2. The van der Waals surface area contributed by atoms with Crippen LogP contribution in [-0.4, -0.2) is 29.6 Å². The summed E-state index contributed by atoms with van der Waals surface area (Å²) < 4.78 is 4.15. The fourth-order valence-electron chi connectivity index (χ4n) is 1.18. The summed E-state index contributed by atoms with van der Waals surface area (Å²) in [7, 11) is 0. The van der Waals surface area contributed by atoms with Gasteiger partial charge in [0.15, 0.2) is 0 Å². The van der Waals surface area contributed by atoms with Crippen molar-refractivity contribution in [1.29, 1.82) is 0 Å². The lowest BCUT2D eigenvalue weighted by molar-refractivity contribution is 0.636. The average Bonchev–Trinajstić information content (AvgIpc) is 2.59. The molecule has 2 rings (SSSR count). The van der Waals surface area contributed by atoms with E-state index in [4.69, 9.17) is 0 Å². The van der Waals surface area contributed by atoms with E-state index in [-0.39, 0.29) is 0 Å². The van der Waals surface area contributed by atoms with Gasteiger partial charge in [0.1, 0.15) is 0 Å². The van der Waals surface area contributed by atoms with Crippen LogP contribution in [0.3, 0.4) is 0 Å². The second kappa shape index (κ2) is 3.15. The zero-order chi connectivity index (χ0) is 6.81. The van der Waals surface area contributed by atoms with Crippen LogP contribution in [-0.2, 0) is 0 Å². The Bertz CT molecular complexity index is 143. The van der Waals surface area contributed by atoms with Gasteiger partial charge in [0.25, 0.3) is 0 Å². The summed E-state index contributed by atoms with van der Waals surface area (Å²) in [5.74, 6) is 3.11. The van der Waals surface area contributed by atoms with Gasteiger partial charge in [0.05, 0.1) is 5.37 Å². The molecule has 56 valence electrons. The van der Waals surface area contributed by atoms with E-state index >= 15 is 0 Å². The molecular formula is C6H10N2S2. The van der Waals surface area contributed by atoms with Gasteiger partial charge in [0.2, 0.25) is 0 Å². The van der Waals surface area contributed by atoms with E-state index in [1.54, 1.807) is 11.9 Å². The van der Waals surface area contributed by atoms with Crippen molar-refractivity contribution >= 4 is 29.9 Å². The molecule has 2 nitrogen and oxygen atoms in total. The van der Waals surface area contributed by atoms with Crippen LogP contribution in [0.15, 0.2) is 4.40 Å². The molecule has 10 heavy (non-hydrogen) atoms. The second-order valence-corrected chi connectivity index (χ2v) is 4.51. The van der Waals surface area contributed by atoms with Crippen LogP contribution in [0.25, 0.3) is 0 Å². The summed E-state index contributed by atoms with van der Waals surface area (Å²) in [5.41, 5.74) is 0. The van der Waals surface area contributed by atoms with Gasteiger partial charge in [-0.15, -0.1) is 11.8 Å². The summed E-state index contributed by atoms with van der Waals surface area (Å²) in [6.07, 6.45) is 2.08. The molecule has 0 radical (unpaired) electrons. The van der Waals surface area contributed by atoms with Gasteiger partial charge in [-0.3, -0.25) is 0 Å². The third-order valence-corrected chi connectivity index (χ3v) is 3.85. The first-order valence-corrected chi connectivity index (χ1v) is 5.46. The molecule has 0 aromatic carbocycles. The highest BCUT2D eigenvalue weighted by Crippen LogP contribution is 2.27. The van der Waals surface area contributed by atoms with Crippen molar-refractivity contribution in [3.63, 3.8) is 0 Å². The molecule has 2 unspecified atom stereocenters. The van der Waals surface area contributed by atoms with Crippen LogP contribution in [0.1, 0.15) is 0 Å². The molecule has 2 aliphatic heterocycles. The lowest BCUT2D eigenvalue weighted by Crippen LogP contribution is -2.29. The molecule has 2 heterocycles. The monoisotopic (exact) mass is 174 g/mol. The molecule has 0 bridgehead atoms. The zero-order valence-electron chi connectivity index (χ0n) is 5.62. The first-order valence-electron chi connectivity index (χ1n) is 3.47. The highest BCUT2D eigenvalue weighted by Gasteiger charge is 2.25. The van der Waals surface area contributed by atoms with Crippen LogP contribution >= 0.6 is 23.7 Å². The molecular weight excluding hydrogens is 164 g/mol. The Hall–Kier alpha value is 0.330. The largest absolute Gasteiger partial charge is 0.304 e. The average molecular weight is 174 g/mol. The molecule has 1 N–H and O–H groups in total. The Kier molecular flexibility index (Phi) is 2.21. The number of thioether (sulfide) groups is 1. The zero-order valence-corrected chi connectivity index (χ0v) is 7.25. The third-order valence-electron chi connectivity index (χ3n) is 1.73. The van der Waals surface area contributed by atoms with Crippen LogP contribution < -0.4 is 5.32 Å². The van der Waals surface area contributed by atoms with Crippen molar-refractivity contribution in [2.45, 2.75) is 5.37 Å². The Morgan fingerprint density at radius 3 is 3.20 bits per heavy atom. The van der Waals surface area contributed by atoms with Gasteiger partial charge < -0.3 is 5.32 Å².